The lowest BCUT2D eigenvalue weighted by Gasteiger charge is -2.28. The molecule has 0 saturated heterocycles. The second-order valence-electron chi connectivity index (χ2n) is 5.60. The van der Waals surface area contributed by atoms with Gasteiger partial charge in [-0.15, -0.1) is 0 Å². The zero-order chi connectivity index (χ0) is 14.8. The number of benzene rings is 1. The highest BCUT2D eigenvalue weighted by atomic mass is 16.5. The minimum atomic E-state index is -0.189. The van der Waals surface area contributed by atoms with Gasteiger partial charge >= 0.3 is 0 Å². The van der Waals surface area contributed by atoms with Gasteiger partial charge in [0.1, 0.15) is 5.75 Å². The minimum Gasteiger partial charge on any atom is -0.494 e. The Morgan fingerprint density at radius 2 is 1.90 bits per heavy atom. The Morgan fingerprint density at radius 1 is 1.20 bits per heavy atom. The summed E-state index contributed by atoms with van der Waals surface area (Å²) in [5.41, 5.74) is 1.14. The van der Waals surface area contributed by atoms with Crippen molar-refractivity contribution in [1.82, 2.24) is 5.32 Å². The molecule has 1 atom stereocenters. The fourth-order valence-corrected chi connectivity index (χ4v) is 2.12. The van der Waals surface area contributed by atoms with Gasteiger partial charge in [0.15, 0.2) is 0 Å². The van der Waals surface area contributed by atoms with E-state index in [2.05, 4.69) is 38.2 Å². The maximum Gasteiger partial charge on any atom is 0.119 e. The highest BCUT2D eigenvalue weighted by Crippen LogP contribution is 2.15. The summed E-state index contributed by atoms with van der Waals surface area (Å²) in [5, 5.41) is 12.9. The molecule has 0 bridgehead atoms. The summed E-state index contributed by atoms with van der Waals surface area (Å²) < 4.78 is 5.74. The van der Waals surface area contributed by atoms with Gasteiger partial charge in [-0.25, -0.2) is 0 Å². The van der Waals surface area contributed by atoms with E-state index in [-0.39, 0.29) is 12.1 Å². The van der Waals surface area contributed by atoms with Gasteiger partial charge in [-0.05, 0) is 56.8 Å². The molecule has 0 aliphatic rings. The SMILES string of the molecule is CCCNC(C)(CO)CCCOc1ccc(CC)cc1. The molecule has 0 saturated carbocycles. The summed E-state index contributed by atoms with van der Waals surface area (Å²) in [7, 11) is 0. The van der Waals surface area contributed by atoms with Crippen molar-refractivity contribution in [1.29, 1.82) is 0 Å². The van der Waals surface area contributed by atoms with E-state index in [9.17, 15) is 5.11 Å². The highest BCUT2D eigenvalue weighted by Gasteiger charge is 2.21. The van der Waals surface area contributed by atoms with Crippen LogP contribution in [0.5, 0.6) is 5.75 Å². The lowest BCUT2D eigenvalue weighted by atomic mass is 9.97. The van der Waals surface area contributed by atoms with Crippen LogP contribution in [0.15, 0.2) is 24.3 Å². The molecule has 114 valence electrons. The van der Waals surface area contributed by atoms with E-state index in [0.29, 0.717) is 6.61 Å². The van der Waals surface area contributed by atoms with Crippen molar-refractivity contribution in [3.8, 4) is 5.75 Å². The summed E-state index contributed by atoms with van der Waals surface area (Å²) in [4.78, 5) is 0. The molecule has 0 aliphatic heterocycles. The summed E-state index contributed by atoms with van der Waals surface area (Å²) >= 11 is 0. The van der Waals surface area contributed by atoms with Crippen molar-refractivity contribution in [2.24, 2.45) is 0 Å². The Morgan fingerprint density at radius 3 is 2.45 bits per heavy atom. The predicted octanol–water partition coefficient (Wildman–Crippen LogP) is 3.16. The van der Waals surface area contributed by atoms with Gasteiger partial charge < -0.3 is 15.2 Å². The van der Waals surface area contributed by atoms with Gasteiger partial charge in [0.05, 0.1) is 13.2 Å². The first-order valence-electron chi connectivity index (χ1n) is 7.71. The van der Waals surface area contributed by atoms with E-state index in [1.807, 2.05) is 12.1 Å². The zero-order valence-corrected chi connectivity index (χ0v) is 13.1. The van der Waals surface area contributed by atoms with Crippen LogP contribution in [0.2, 0.25) is 0 Å². The number of aliphatic hydroxyl groups excluding tert-OH is 1. The van der Waals surface area contributed by atoms with E-state index < -0.39 is 0 Å². The zero-order valence-electron chi connectivity index (χ0n) is 13.1. The summed E-state index contributed by atoms with van der Waals surface area (Å²) in [5.74, 6) is 0.925. The van der Waals surface area contributed by atoms with E-state index in [1.54, 1.807) is 0 Å². The Hall–Kier alpha value is -1.06. The van der Waals surface area contributed by atoms with E-state index in [1.165, 1.54) is 5.56 Å². The van der Waals surface area contributed by atoms with Crippen LogP contribution in [-0.4, -0.2) is 30.4 Å². The van der Waals surface area contributed by atoms with Crippen LogP contribution < -0.4 is 10.1 Å². The molecule has 0 aromatic heterocycles. The molecule has 0 radical (unpaired) electrons. The van der Waals surface area contributed by atoms with Gasteiger partial charge in [-0.1, -0.05) is 26.0 Å². The molecule has 1 aromatic carbocycles. The third kappa shape index (κ3) is 5.93. The number of ether oxygens (including phenoxy) is 1. The number of aliphatic hydroxyl groups is 1. The molecule has 0 aliphatic carbocycles. The fourth-order valence-electron chi connectivity index (χ4n) is 2.12. The van der Waals surface area contributed by atoms with Crippen LogP contribution in [0.3, 0.4) is 0 Å². The van der Waals surface area contributed by atoms with Gasteiger partial charge in [-0.2, -0.15) is 0 Å². The Kier molecular flexibility index (Phi) is 7.63. The van der Waals surface area contributed by atoms with Crippen molar-refractivity contribution < 1.29 is 9.84 Å². The lowest BCUT2D eigenvalue weighted by Crippen LogP contribution is -2.46. The van der Waals surface area contributed by atoms with Crippen LogP contribution >= 0.6 is 0 Å². The first kappa shape index (κ1) is 17.0. The molecule has 3 nitrogen and oxygen atoms in total. The van der Waals surface area contributed by atoms with Crippen LogP contribution in [0.4, 0.5) is 0 Å². The topological polar surface area (TPSA) is 41.5 Å². The predicted molar refractivity (Wildman–Crippen MR) is 84.3 cm³/mol. The maximum atomic E-state index is 9.48. The van der Waals surface area contributed by atoms with E-state index in [0.717, 1.165) is 38.0 Å². The number of hydrogen-bond acceptors (Lipinski definition) is 3. The summed E-state index contributed by atoms with van der Waals surface area (Å²) in [6.45, 7) is 8.14. The third-order valence-corrected chi connectivity index (χ3v) is 3.62. The molecular weight excluding hydrogens is 250 g/mol. The molecule has 0 spiro atoms. The van der Waals surface area contributed by atoms with Crippen LogP contribution in [0.25, 0.3) is 0 Å². The van der Waals surface area contributed by atoms with Gasteiger partial charge in [0.25, 0.3) is 0 Å². The molecule has 2 N–H and O–H groups in total. The lowest BCUT2D eigenvalue weighted by molar-refractivity contribution is 0.156. The van der Waals surface area contributed by atoms with Crippen molar-refractivity contribution in [3.05, 3.63) is 29.8 Å². The van der Waals surface area contributed by atoms with E-state index >= 15 is 0 Å². The largest absolute Gasteiger partial charge is 0.494 e. The number of rotatable bonds is 10. The van der Waals surface area contributed by atoms with Crippen LogP contribution in [0, 0.1) is 0 Å². The van der Waals surface area contributed by atoms with Gasteiger partial charge in [0, 0.05) is 5.54 Å². The van der Waals surface area contributed by atoms with E-state index in [4.69, 9.17) is 4.74 Å². The Balaban J connectivity index is 2.28. The van der Waals surface area contributed by atoms with Gasteiger partial charge in [0.2, 0.25) is 0 Å². The first-order valence-corrected chi connectivity index (χ1v) is 7.71. The Labute approximate surface area is 123 Å². The van der Waals surface area contributed by atoms with Gasteiger partial charge in [-0.3, -0.25) is 0 Å². The average molecular weight is 279 g/mol. The maximum absolute atomic E-state index is 9.48. The summed E-state index contributed by atoms with van der Waals surface area (Å²) in [6.07, 6.45) is 3.98. The molecule has 20 heavy (non-hydrogen) atoms. The molecule has 3 heteroatoms. The fraction of sp³-hybridized carbons (Fsp3) is 0.647. The van der Waals surface area contributed by atoms with Crippen molar-refractivity contribution in [3.63, 3.8) is 0 Å². The number of hydrogen-bond donors (Lipinski definition) is 2. The number of aryl methyl sites for hydroxylation is 1. The number of nitrogens with one attached hydrogen (secondary N) is 1. The quantitative estimate of drug-likeness (QED) is 0.646. The first-order chi connectivity index (χ1) is 9.63. The molecule has 1 unspecified atom stereocenters. The van der Waals surface area contributed by atoms with Crippen molar-refractivity contribution in [2.75, 3.05) is 19.8 Å². The Bertz CT molecular complexity index is 364. The van der Waals surface area contributed by atoms with Crippen LogP contribution in [0.1, 0.15) is 45.6 Å². The standard InChI is InChI=1S/C17H29NO2/c1-4-12-18-17(3,14-19)11-6-13-20-16-9-7-15(5-2)8-10-16/h7-10,18-19H,4-6,11-14H2,1-3H3. The smallest absolute Gasteiger partial charge is 0.119 e. The normalized spacial score (nSPS) is 14.0. The molecule has 1 aromatic rings. The third-order valence-electron chi connectivity index (χ3n) is 3.62. The average Bonchev–Trinajstić information content (AvgIpc) is 2.50. The second-order valence-corrected chi connectivity index (χ2v) is 5.60. The molecule has 0 amide bonds. The monoisotopic (exact) mass is 279 g/mol. The van der Waals surface area contributed by atoms with Crippen molar-refractivity contribution in [2.45, 2.75) is 52.0 Å². The molecule has 1 rings (SSSR count). The van der Waals surface area contributed by atoms with Crippen LogP contribution in [-0.2, 0) is 6.42 Å². The molecule has 0 heterocycles. The second kappa shape index (κ2) is 8.98. The minimum absolute atomic E-state index is 0.165. The highest BCUT2D eigenvalue weighted by molar-refractivity contribution is 5.27. The molecule has 0 fully saturated rings. The molecular formula is C17H29NO2. The summed E-state index contributed by atoms with van der Waals surface area (Å²) in [6, 6.07) is 8.27. The van der Waals surface area contributed by atoms with Crippen molar-refractivity contribution >= 4 is 0 Å².